The van der Waals surface area contributed by atoms with Gasteiger partial charge in [-0.1, -0.05) is 0 Å². The van der Waals surface area contributed by atoms with E-state index in [4.69, 9.17) is 20.4 Å². The molecule has 120 valence electrons. The Labute approximate surface area is 149 Å². The molecule has 15 heteroatoms. The molecule has 0 bridgehead atoms. The van der Waals surface area contributed by atoms with E-state index in [1.807, 2.05) is 0 Å². The Hall–Kier alpha value is 0.137. The van der Waals surface area contributed by atoms with E-state index in [0.29, 0.717) is 0 Å². The van der Waals surface area contributed by atoms with Crippen molar-refractivity contribution in [1.29, 1.82) is 0 Å². The van der Waals surface area contributed by atoms with Crippen molar-refractivity contribution in [3.05, 3.63) is 0 Å². The van der Waals surface area contributed by atoms with Crippen LogP contribution in [0.25, 0.3) is 0 Å². The van der Waals surface area contributed by atoms with Crippen molar-refractivity contribution in [3.8, 4) is 0 Å². The fourth-order valence-corrected chi connectivity index (χ4v) is 0.842. The molecule has 0 amide bonds. The second kappa shape index (κ2) is 14.7. The molecule has 12 nitrogen and oxygen atoms in total. The van der Waals surface area contributed by atoms with Crippen LogP contribution in [0.15, 0.2) is 0 Å². The van der Waals surface area contributed by atoms with Crippen LogP contribution < -0.4 is 20.0 Å². The van der Waals surface area contributed by atoms with Crippen LogP contribution in [-0.4, -0.2) is 63.9 Å². The fourth-order valence-electron chi connectivity index (χ4n) is 0.488. The van der Waals surface area contributed by atoms with Gasteiger partial charge in [-0.2, -0.15) is 0 Å². The van der Waals surface area contributed by atoms with Crippen molar-refractivity contribution in [1.82, 2.24) is 0 Å². The summed E-state index contributed by atoms with van der Waals surface area (Å²) >= 11 is 0. The van der Waals surface area contributed by atoms with Crippen LogP contribution in [0.3, 0.4) is 0 Å². The third-order valence-corrected chi connectivity index (χ3v) is 1.88. The zero-order valence-corrected chi connectivity index (χ0v) is 17.9. The summed E-state index contributed by atoms with van der Waals surface area (Å²) < 4.78 is 13.3. The van der Waals surface area contributed by atoms with Crippen molar-refractivity contribution in [3.63, 3.8) is 0 Å². The minimum Gasteiger partial charge on any atom is -0.790 e. The first kappa shape index (κ1) is 30.1. The van der Waals surface area contributed by atoms with Crippen molar-refractivity contribution in [2.75, 3.05) is 13.2 Å². The first-order valence-electron chi connectivity index (χ1n) is 4.65. The van der Waals surface area contributed by atoms with Gasteiger partial charge in [-0.15, -0.1) is 0 Å². The van der Waals surface area contributed by atoms with Gasteiger partial charge in [-0.25, -0.2) is 0 Å². The zero-order valence-electron chi connectivity index (χ0n) is 11.1. The van der Waals surface area contributed by atoms with Crippen LogP contribution in [-0.2, 0) is 57.6 Å². The van der Waals surface area contributed by atoms with Crippen LogP contribution in [0, 0.1) is 0 Å². The van der Waals surface area contributed by atoms with Gasteiger partial charge in [-0.3, -0.25) is 0 Å². The third-order valence-electron chi connectivity index (χ3n) is 1.42. The topological polar surface area (TPSA) is 234 Å². The van der Waals surface area contributed by atoms with Crippen LogP contribution in [0.4, 0.5) is 0 Å². The molecule has 0 fully saturated rings. The number of carboxylic acids is 2. The Morgan fingerprint density at radius 2 is 1.32 bits per heavy atom. The largest absolute Gasteiger partial charge is 2.00 e. The molecule has 0 rings (SSSR count). The number of hydrogen-bond acceptors (Lipinski definition) is 12. The molecule has 0 saturated carbocycles. The van der Waals surface area contributed by atoms with E-state index in [0.717, 1.165) is 0 Å². The number of aliphatic hydroxyl groups is 4. The van der Waals surface area contributed by atoms with Gasteiger partial charge in [0.25, 0.3) is 0 Å². The maximum atomic E-state index is 9.71. The molecule has 0 saturated heterocycles. The molecule has 0 aromatic heterocycles. The van der Waals surface area contributed by atoms with E-state index >= 15 is 0 Å². The minimum absolute atomic E-state index is 0. The number of aliphatic carboxylic acids is 2. The van der Waals surface area contributed by atoms with Crippen LogP contribution in [0.5, 0.6) is 0 Å². The molecule has 0 heterocycles. The molecule has 3 unspecified atom stereocenters. The first-order chi connectivity index (χ1) is 8.92. The summed E-state index contributed by atoms with van der Waals surface area (Å²) in [5, 5.41) is 52.3. The van der Waals surface area contributed by atoms with E-state index in [-0.39, 0.29) is 39.0 Å². The second-order valence-corrected chi connectivity index (χ2v) is 4.26. The molecule has 0 aromatic rings. The normalized spacial score (nSPS) is 14.1. The van der Waals surface area contributed by atoms with Crippen LogP contribution >= 0.6 is 7.82 Å². The molecule has 0 radical (unpaired) electrons. The van der Waals surface area contributed by atoms with Gasteiger partial charge in [0.2, 0.25) is 0 Å². The molecule has 0 aliphatic heterocycles. The number of phosphoric ester groups is 1. The summed E-state index contributed by atoms with van der Waals surface area (Å²) in [6.45, 7) is -1.33. The fraction of sp³-hybridized carbons (Fsp3) is 0.714. The van der Waals surface area contributed by atoms with E-state index in [1.165, 1.54) is 0 Å². The predicted octanol–water partition coefficient (Wildman–Crippen LogP) is -7.61. The van der Waals surface area contributed by atoms with E-state index < -0.39 is 51.3 Å². The maximum absolute atomic E-state index is 9.71. The summed E-state index contributed by atoms with van der Waals surface area (Å²) in [6, 6.07) is 0. The maximum Gasteiger partial charge on any atom is 2.00 e. The van der Waals surface area contributed by atoms with Gasteiger partial charge < -0.3 is 59.1 Å². The van der Waals surface area contributed by atoms with E-state index in [1.54, 1.807) is 0 Å². The smallest absolute Gasteiger partial charge is 0.790 e. The van der Waals surface area contributed by atoms with Gasteiger partial charge >= 0.3 is 39.0 Å². The quantitative estimate of drug-likeness (QED) is 0.210. The average molecular weight is 449 g/mol. The van der Waals surface area contributed by atoms with Crippen molar-refractivity contribution >= 4 is 19.8 Å². The summed E-state index contributed by atoms with van der Waals surface area (Å²) in [7, 11) is -5.00. The molecule has 0 aliphatic carbocycles. The third kappa shape index (κ3) is 18.2. The Bertz CT molecular complexity index is 341. The van der Waals surface area contributed by atoms with Crippen molar-refractivity contribution in [2.24, 2.45) is 0 Å². The van der Waals surface area contributed by atoms with Crippen molar-refractivity contribution < 1.29 is 98.1 Å². The summed E-state index contributed by atoms with van der Waals surface area (Å²) in [4.78, 5) is 38.7. The standard InChI is InChI=1S/C4H6O6.C3H9O6P.2Zn/c5-1(3(7)8)2(6)4(9)10;4-1-3(5)2-9-10(6,7)8;;/h1-2,5-6H,(H,7,8)(H,9,10);3-5H,1-2H2,(H2,6,7,8);;/q;;2*+2/p-4. The zero-order chi connectivity index (χ0) is 16.5. The Morgan fingerprint density at radius 3 is 1.50 bits per heavy atom. The molecular weight excluding hydrogens is 438 g/mol. The second-order valence-electron chi connectivity index (χ2n) is 3.11. The summed E-state index contributed by atoms with van der Waals surface area (Å²) in [5.41, 5.74) is 0. The number of aliphatic hydroxyl groups excluding tert-OH is 4. The van der Waals surface area contributed by atoms with Crippen LogP contribution in [0.2, 0.25) is 0 Å². The SMILES string of the molecule is O=C([O-])C(O)C(O)C(=O)[O-].O=P([O-])([O-])OCC(O)CO.[Zn+2].[Zn+2]. The summed E-state index contributed by atoms with van der Waals surface area (Å²) in [5.74, 6) is -4.12. The molecule has 3 atom stereocenters. The molecule has 0 spiro atoms. The number of carboxylic acid groups (broad SMARTS) is 2. The van der Waals surface area contributed by atoms with Gasteiger partial charge in [0.1, 0.15) is 18.3 Å². The number of phosphoric acid groups is 1. The van der Waals surface area contributed by atoms with Gasteiger partial charge in [-0.05, 0) is 0 Å². The number of rotatable bonds is 7. The number of carbonyl (C=O) groups is 2. The Morgan fingerprint density at radius 1 is 1.00 bits per heavy atom. The predicted molar refractivity (Wildman–Crippen MR) is 48.7 cm³/mol. The van der Waals surface area contributed by atoms with E-state index in [2.05, 4.69) is 4.52 Å². The Kier molecular flexibility index (Phi) is 20.1. The Balaban J connectivity index is -0.000000135. The molecule has 4 N–H and O–H groups in total. The average Bonchev–Trinajstić information content (AvgIpc) is 2.33. The summed E-state index contributed by atoms with van der Waals surface area (Å²) in [6.07, 6.45) is -6.20. The molecule has 22 heavy (non-hydrogen) atoms. The van der Waals surface area contributed by atoms with E-state index in [9.17, 15) is 34.2 Å². The molecule has 0 aromatic carbocycles. The molecule has 0 aliphatic rings. The van der Waals surface area contributed by atoms with Gasteiger partial charge in [0.05, 0.1) is 33.0 Å². The number of hydrogen-bond donors (Lipinski definition) is 4. The minimum atomic E-state index is -5.00. The van der Waals surface area contributed by atoms with Crippen molar-refractivity contribution in [2.45, 2.75) is 18.3 Å². The number of carbonyl (C=O) groups excluding carboxylic acids is 2. The first-order valence-corrected chi connectivity index (χ1v) is 6.11. The van der Waals surface area contributed by atoms with Gasteiger partial charge in [0, 0.05) is 0 Å². The molecular formula is C7H11O12PZn2. The van der Waals surface area contributed by atoms with Gasteiger partial charge in [0.15, 0.2) is 0 Å². The monoisotopic (exact) mass is 446 g/mol. The van der Waals surface area contributed by atoms with Crippen LogP contribution in [0.1, 0.15) is 0 Å².